The summed E-state index contributed by atoms with van der Waals surface area (Å²) in [6.45, 7) is 5.99. The van der Waals surface area contributed by atoms with Crippen LogP contribution in [0.15, 0.2) is 47.7 Å². The molecule has 29 heavy (non-hydrogen) atoms. The quantitative estimate of drug-likeness (QED) is 0.688. The average Bonchev–Trinajstić information content (AvgIpc) is 3.27. The van der Waals surface area contributed by atoms with Crippen molar-refractivity contribution in [3.63, 3.8) is 0 Å². The number of rotatable bonds is 8. The van der Waals surface area contributed by atoms with Gasteiger partial charge in [-0.1, -0.05) is 25.0 Å². The Morgan fingerprint density at radius 3 is 2.31 bits per heavy atom. The Morgan fingerprint density at radius 2 is 1.72 bits per heavy atom. The molecule has 0 aromatic heterocycles. The van der Waals surface area contributed by atoms with E-state index in [0.29, 0.717) is 12.0 Å². The van der Waals surface area contributed by atoms with Gasteiger partial charge in [0.2, 0.25) is 0 Å². The smallest absolute Gasteiger partial charge is 0.119 e. The highest BCUT2D eigenvalue weighted by Gasteiger charge is 2.42. The molecule has 0 radical (unpaired) electrons. The molecule has 0 spiro atoms. The van der Waals surface area contributed by atoms with Crippen LogP contribution in [-0.4, -0.2) is 37.7 Å². The van der Waals surface area contributed by atoms with Gasteiger partial charge in [-0.15, -0.1) is 0 Å². The van der Waals surface area contributed by atoms with Crippen LogP contribution in [0.5, 0.6) is 11.5 Å². The van der Waals surface area contributed by atoms with Crippen molar-refractivity contribution >= 4 is 0 Å². The lowest BCUT2D eigenvalue weighted by Gasteiger charge is -2.28. The molecule has 1 heterocycles. The first-order valence-corrected chi connectivity index (χ1v) is 11.3. The molecule has 4 nitrogen and oxygen atoms in total. The molecule has 1 saturated heterocycles. The van der Waals surface area contributed by atoms with Crippen molar-refractivity contribution in [3.8, 4) is 11.5 Å². The van der Waals surface area contributed by atoms with Crippen LogP contribution in [-0.2, 0) is 0 Å². The Morgan fingerprint density at radius 1 is 1.03 bits per heavy atom. The van der Waals surface area contributed by atoms with Crippen molar-refractivity contribution in [2.24, 2.45) is 23.5 Å². The molecule has 4 rings (SSSR count). The van der Waals surface area contributed by atoms with Crippen LogP contribution in [0.3, 0.4) is 0 Å². The summed E-state index contributed by atoms with van der Waals surface area (Å²) in [4.78, 5) is 2.72. The van der Waals surface area contributed by atoms with E-state index in [4.69, 9.17) is 15.2 Å². The predicted molar refractivity (Wildman–Crippen MR) is 118 cm³/mol. The van der Waals surface area contributed by atoms with Crippen molar-refractivity contribution < 1.29 is 9.47 Å². The van der Waals surface area contributed by atoms with Crippen LogP contribution in [0.1, 0.15) is 45.4 Å². The predicted octanol–water partition coefficient (Wildman–Crippen LogP) is 4.76. The third kappa shape index (κ3) is 4.98. The number of likely N-dealkylation sites (tertiary alicyclic amines) is 1. The summed E-state index contributed by atoms with van der Waals surface area (Å²) in [6.07, 6.45) is 11.9. The van der Waals surface area contributed by atoms with Gasteiger partial charge in [-0.05, 0) is 80.2 Å². The summed E-state index contributed by atoms with van der Waals surface area (Å²) in [5.74, 6) is 4.11. The van der Waals surface area contributed by atoms with Gasteiger partial charge in [0.25, 0.3) is 0 Å². The van der Waals surface area contributed by atoms with Gasteiger partial charge in [0.1, 0.15) is 11.5 Å². The molecule has 2 aliphatic carbocycles. The molecular weight excluding hydrogens is 360 g/mol. The number of hydrogen-bond acceptors (Lipinski definition) is 4. The van der Waals surface area contributed by atoms with E-state index in [1.54, 1.807) is 12.7 Å². The van der Waals surface area contributed by atoms with Crippen LogP contribution < -0.4 is 15.2 Å². The number of nitrogens with two attached hydrogens (primary N) is 1. The summed E-state index contributed by atoms with van der Waals surface area (Å²) < 4.78 is 11.5. The number of nitrogens with zero attached hydrogens (tertiary/aromatic N) is 1. The van der Waals surface area contributed by atoms with Crippen LogP contribution in [0, 0.1) is 17.8 Å². The highest BCUT2D eigenvalue weighted by atomic mass is 16.5. The van der Waals surface area contributed by atoms with Crippen LogP contribution in [0.2, 0.25) is 0 Å². The van der Waals surface area contributed by atoms with Gasteiger partial charge in [-0.3, -0.25) is 0 Å². The fourth-order valence-electron chi connectivity index (χ4n) is 5.50. The van der Waals surface area contributed by atoms with Crippen molar-refractivity contribution in [3.05, 3.63) is 47.7 Å². The molecule has 1 saturated carbocycles. The first kappa shape index (κ1) is 20.3. The molecule has 3 atom stereocenters. The summed E-state index contributed by atoms with van der Waals surface area (Å²) >= 11 is 0. The molecular formula is C25H36N2O2. The molecule has 3 unspecified atom stereocenters. The second-order valence-corrected chi connectivity index (χ2v) is 9.09. The Bertz CT molecular complexity index is 726. The zero-order chi connectivity index (χ0) is 20.2. The second kappa shape index (κ2) is 9.25. The molecule has 4 heteroatoms. The molecule has 1 aliphatic heterocycles. The van der Waals surface area contributed by atoms with Gasteiger partial charge in [-0.25, -0.2) is 0 Å². The summed E-state index contributed by atoms with van der Waals surface area (Å²) in [5, 5.41) is 0. The van der Waals surface area contributed by atoms with E-state index in [2.05, 4.69) is 24.0 Å². The Labute approximate surface area is 175 Å². The van der Waals surface area contributed by atoms with Crippen molar-refractivity contribution in [2.45, 2.75) is 51.6 Å². The molecule has 2 N–H and O–H groups in total. The lowest BCUT2D eigenvalue weighted by atomic mass is 9.87. The summed E-state index contributed by atoms with van der Waals surface area (Å²) in [5.41, 5.74) is 8.61. The van der Waals surface area contributed by atoms with E-state index in [1.807, 2.05) is 24.3 Å². The first-order chi connectivity index (χ1) is 14.1. The highest BCUT2D eigenvalue weighted by molar-refractivity contribution is 5.31. The zero-order valence-electron chi connectivity index (χ0n) is 18.0. The summed E-state index contributed by atoms with van der Waals surface area (Å²) in [7, 11) is 1.70. The van der Waals surface area contributed by atoms with Gasteiger partial charge < -0.3 is 20.1 Å². The molecule has 1 aromatic carbocycles. The molecule has 0 amide bonds. The van der Waals surface area contributed by atoms with Gasteiger partial charge in [0.15, 0.2) is 0 Å². The minimum atomic E-state index is 0.362. The lowest BCUT2D eigenvalue weighted by molar-refractivity contribution is 0.181. The van der Waals surface area contributed by atoms with Crippen molar-refractivity contribution in [1.29, 1.82) is 0 Å². The number of methoxy groups -OCH3 is 1. The Balaban J connectivity index is 1.29. The Kier molecular flexibility index (Phi) is 6.49. The van der Waals surface area contributed by atoms with Crippen LogP contribution in [0.25, 0.3) is 0 Å². The zero-order valence-corrected chi connectivity index (χ0v) is 18.0. The molecule has 3 aliphatic rings. The SMILES string of the molecule is CCCC(CN1CC2CC(Oc3ccc(OC)cc3)CC2C1)C1=CC=C(N)CC1. The van der Waals surface area contributed by atoms with E-state index in [1.165, 1.54) is 45.3 Å². The highest BCUT2D eigenvalue weighted by Crippen LogP contribution is 2.41. The maximum atomic E-state index is 6.27. The average molecular weight is 397 g/mol. The third-order valence-electron chi connectivity index (χ3n) is 7.00. The van der Waals surface area contributed by atoms with E-state index in [0.717, 1.165) is 41.9 Å². The summed E-state index contributed by atoms with van der Waals surface area (Å²) in [6, 6.07) is 7.99. The monoisotopic (exact) mass is 396 g/mol. The number of hydrogen-bond donors (Lipinski definition) is 1. The van der Waals surface area contributed by atoms with Crippen molar-refractivity contribution in [2.75, 3.05) is 26.7 Å². The van der Waals surface area contributed by atoms with E-state index in [9.17, 15) is 0 Å². The largest absolute Gasteiger partial charge is 0.497 e. The van der Waals surface area contributed by atoms with E-state index >= 15 is 0 Å². The normalized spacial score (nSPS) is 27.9. The van der Waals surface area contributed by atoms with Crippen LogP contribution >= 0.6 is 0 Å². The first-order valence-electron chi connectivity index (χ1n) is 11.3. The van der Waals surface area contributed by atoms with Gasteiger partial charge >= 0.3 is 0 Å². The van der Waals surface area contributed by atoms with Gasteiger partial charge in [0, 0.05) is 25.3 Å². The molecule has 2 fully saturated rings. The topological polar surface area (TPSA) is 47.7 Å². The molecule has 0 bridgehead atoms. The molecule has 1 aromatic rings. The van der Waals surface area contributed by atoms with Gasteiger partial charge in [0.05, 0.1) is 13.2 Å². The second-order valence-electron chi connectivity index (χ2n) is 9.09. The number of benzene rings is 1. The van der Waals surface area contributed by atoms with Gasteiger partial charge in [-0.2, -0.15) is 0 Å². The minimum absolute atomic E-state index is 0.362. The lowest BCUT2D eigenvalue weighted by Crippen LogP contribution is -2.31. The van der Waals surface area contributed by atoms with E-state index < -0.39 is 0 Å². The third-order valence-corrected chi connectivity index (χ3v) is 7.00. The minimum Gasteiger partial charge on any atom is -0.497 e. The van der Waals surface area contributed by atoms with E-state index in [-0.39, 0.29) is 0 Å². The maximum absolute atomic E-state index is 6.27. The number of allylic oxidation sites excluding steroid dienone is 3. The maximum Gasteiger partial charge on any atom is 0.119 e. The molecule has 158 valence electrons. The van der Waals surface area contributed by atoms with Crippen LogP contribution in [0.4, 0.5) is 0 Å². The Hall–Kier alpha value is -1.94. The fraction of sp³-hybridized carbons (Fsp3) is 0.600. The number of fused-ring (bicyclic) bond motifs is 1. The number of ether oxygens (including phenoxy) is 2. The standard InChI is InChI=1S/C25H36N2O2/c1-3-4-19(18-5-7-22(26)8-6-18)15-27-16-20-13-25(14-21(20)17-27)29-24-11-9-23(28-2)10-12-24/h5,7,9-12,19-21,25H,3-4,6,8,13-17,26H2,1-2H3. The van der Waals surface area contributed by atoms with Crippen molar-refractivity contribution in [1.82, 2.24) is 4.90 Å². The fourth-order valence-corrected chi connectivity index (χ4v) is 5.50.